The summed E-state index contributed by atoms with van der Waals surface area (Å²) in [4.78, 5) is 41.9. The second-order valence-electron chi connectivity index (χ2n) is 9.19. The molecule has 10 heteroatoms. The fraction of sp³-hybridized carbons (Fsp3) is 0.308. The molecule has 3 aromatic heterocycles. The number of ketones is 1. The number of hydrogen-bond donors (Lipinski definition) is 0. The van der Waals surface area contributed by atoms with Crippen LogP contribution in [0.15, 0.2) is 59.6 Å². The van der Waals surface area contributed by atoms with Crippen molar-refractivity contribution in [2.24, 2.45) is 0 Å². The quantitative estimate of drug-likeness (QED) is 0.384. The molecule has 1 amide bonds. The monoisotopic (exact) mass is 483 g/mol. The van der Waals surface area contributed by atoms with Crippen LogP contribution in [0.2, 0.25) is 0 Å². The van der Waals surface area contributed by atoms with E-state index >= 15 is 0 Å². The summed E-state index contributed by atoms with van der Waals surface area (Å²) in [5.41, 5.74) is 2.88. The van der Waals surface area contributed by atoms with E-state index in [9.17, 15) is 9.59 Å². The molecule has 0 atom stereocenters. The Kier molecular flexibility index (Phi) is 5.55. The highest BCUT2D eigenvalue weighted by Crippen LogP contribution is 2.38. The van der Waals surface area contributed by atoms with Crippen molar-refractivity contribution in [2.75, 3.05) is 31.1 Å². The van der Waals surface area contributed by atoms with Crippen LogP contribution in [0.3, 0.4) is 0 Å². The normalized spacial score (nSPS) is 15.8. The van der Waals surface area contributed by atoms with Crippen molar-refractivity contribution >= 4 is 17.4 Å². The summed E-state index contributed by atoms with van der Waals surface area (Å²) in [6.07, 6.45) is 7.21. The molecule has 1 aromatic carbocycles. The van der Waals surface area contributed by atoms with Gasteiger partial charge in [-0.3, -0.25) is 14.2 Å². The van der Waals surface area contributed by atoms with Crippen LogP contribution in [-0.2, 0) is 0 Å². The van der Waals surface area contributed by atoms with Crippen LogP contribution >= 0.6 is 0 Å². The minimum atomic E-state index is -0.101. The highest BCUT2D eigenvalue weighted by atomic mass is 16.5. The first-order valence-corrected chi connectivity index (χ1v) is 12.0. The zero-order chi connectivity index (χ0) is 24.6. The molecule has 0 bridgehead atoms. The predicted molar refractivity (Wildman–Crippen MR) is 131 cm³/mol. The van der Waals surface area contributed by atoms with Crippen molar-refractivity contribution in [1.29, 1.82) is 0 Å². The van der Waals surface area contributed by atoms with Crippen molar-refractivity contribution in [3.05, 3.63) is 72.2 Å². The SMILES string of the molecule is CC(=O)c1ccc(N2CCN(C(=O)c3cn(-c4ccc(-c5nc(C6CC6)no5)cn4)cn3)CC2)cc1. The molecule has 0 spiro atoms. The van der Waals surface area contributed by atoms with Crippen LogP contribution in [0.25, 0.3) is 17.3 Å². The molecule has 4 aromatic rings. The van der Waals surface area contributed by atoms with Crippen molar-refractivity contribution in [3.63, 3.8) is 0 Å². The molecule has 1 saturated heterocycles. The van der Waals surface area contributed by atoms with Gasteiger partial charge >= 0.3 is 0 Å². The average Bonchev–Trinajstić information content (AvgIpc) is 3.44. The first-order chi connectivity index (χ1) is 17.5. The molecule has 182 valence electrons. The zero-order valence-corrected chi connectivity index (χ0v) is 19.9. The maximum Gasteiger partial charge on any atom is 0.274 e. The number of anilines is 1. The van der Waals surface area contributed by atoms with E-state index in [2.05, 4.69) is 25.0 Å². The molecular formula is C26H25N7O3. The van der Waals surface area contributed by atoms with Gasteiger partial charge in [0.15, 0.2) is 11.6 Å². The van der Waals surface area contributed by atoms with Gasteiger partial charge in [0.25, 0.3) is 11.8 Å². The molecular weight excluding hydrogens is 458 g/mol. The van der Waals surface area contributed by atoms with Crippen LogP contribution in [-0.4, -0.2) is 67.4 Å². The van der Waals surface area contributed by atoms with Gasteiger partial charge < -0.3 is 14.3 Å². The van der Waals surface area contributed by atoms with Gasteiger partial charge in [-0.1, -0.05) is 5.16 Å². The molecule has 0 unspecified atom stereocenters. The Labute approximate surface area is 207 Å². The number of rotatable bonds is 6. The van der Waals surface area contributed by atoms with Crippen LogP contribution in [0.4, 0.5) is 5.69 Å². The molecule has 2 aliphatic rings. The number of piperazine rings is 1. The van der Waals surface area contributed by atoms with E-state index in [0.717, 1.165) is 29.9 Å². The van der Waals surface area contributed by atoms with Crippen LogP contribution in [0.5, 0.6) is 0 Å². The van der Waals surface area contributed by atoms with E-state index in [0.29, 0.717) is 55.1 Å². The van der Waals surface area contributed by atoms with Gasteiger partial charge in [-0.25, -0.2) is 9.97 Å². The standard InChI is InChI=1S/C26H25N7O3/c1-17(34)18-4-7-21(8-5-18)31-10-12-32(13-11-31)26(35)22-15-33(16-28-22)23-9-6-20(14-27-23)25-29-24(30-36-25)19-2-3-19/h4-9,14-16,19H,2-3,10-13H2,1H3. The first kappa shape index (κ1) is 22.1. The van der Waals surface area contributed by atoms with E-state index in [1.54, 1.807) is 30.2 Å². The van der Waals surface area contributed by atoms with E-state index in [-0.39, 0.29) is 11.7 Å². The lowest BCUT2D eigenvalue weighted by Crippen LogP contribution is -2.48. The Morgan fingerprint density at radius 1 is 0.972 bits per heavy atom. The van der Waals surface area contributed by atoms with Crippen molar-refractivity contribution < 1.29 is 14.1 Å². The van der Waals surface area contributed by atoms with E-state index < -0.39 is 0 Å². The highest BCUT2D eigenvalue weighted by molar-refractivity contribution is 5.94. The second kappa shape index (κ2) is 9.03. The van der Waals surface area contributed by atoms with E-state index in [4.69, 9.17) is 4.52 Å². The molecule has 36 heavy (non-hydrogen) atoms. The number of benzene rings is 1. The van der Waals surface area contributed by atoms with Crippen LogP contribution < -0.4 is 4.90 Å². The number of aromatic nitrogens is 5. The van der Waals surface area contributed by atoms with Gasteiger partial charge in [0, 0.05) is 55.7 Å². The topological polar surface area (TPSA) is 110 Å². The summed E-state index contributed by atoms with van der Waals surface area (Å²) in [7, 11) is 0. The number of pyridine rings is 1. The summed E-state index contributed by atoms with van der Waals surface area (Å²) < 4.78 is 7.09. The van der Waals surface area contributed by atoms with Crippen molar-refractivity contribution in [1.82, 2.24) is 29.6 Å². The molecule has 2 fully saturated rings. The summed E-state index contributed by atoms with van der Waals surface area (Å²) in [6.45, 7) is 4.19. The molecule has 1 aliphatic heterocycles. The smallest absolute Gasteiger partial charge is 0.274 e. The third-order valence-electron chi connectivity index (χ3n) is 6.65. The third kappa shape index (κ3) is 4.37. The Morgan fingerprint density at radius 2 is 1.75 bits per heavy atom. The molecule has 10 nitrogen and oxygen atoms in total. The molecule has 1 aliphatic carbocycles. The van der Waals surface area contributed by atoms with Crippen molar-refractivity contribution in [2.45, 2.75) is 25.7 Å². The number of Topliss-reactive ketones (excluding diaryl/α,β-unsaturated/α-hetero) is 1. The second-order valence-corrected chi connectivity index (χ2v) is 9.19. The van der Waals surface area contributed by atoms with Crippen LogP contribution in [0, 0.1) is 0 Å². The Balaban J connectivity index is 1.08. The van der Waals surface area contributed by atoms with Crippen molar-refractivity contribution in [3.8, 4) is 17.3 Å². The Morgan fingerprint density at radius 3 is 2.42 bits per heavy atom. The van der Waals surface area contributed by atoms with Gasteiger partial charge in [0.2, 0.25) is 0 Å². The zero-order valence-electron chi connectivity index (χ0n) is 19.9. The van der Waals surface area contributed by atoms with Gasteiger partial charge in [-0.05, 0) is 56.2 Å². The van der Waals surface area contributed by atoms with Gasteiger partial charge in [-0.15, -0.1) is 0 Å². The summed E-state index contributed by atoms with van der Waals surface area (Å²) in [6, 6.07) is 11.3. The highest BCUT2D eigenvalue weighted by Gasteiger charge is 2.29. The number of hydrogen-bond acceptors (Lipinski definition) is 8. The maximum absolute atomic E-state index is 13.1. The third-order valence-corrected chi connectivity index (χ3v) is 6.65. The summed E-state index contributed by atoms with van der Waals surface area (Å²) in [5, 5.41) is 4.05. The lowest BCUT2D eigenvalue weighted by atomic mass is 10.1. The summed E-state index contributed by atoms with van der Waals surface area (Å²) >= 11 is 0. The maximum atomic E-state index is 13.1. The average molecular weight is 484 g/mol. The largest absolute Gasteiger partial charge is 0.368 e. The first-order valence-electron chi connectivity index (χ1n) is 12.0. The van der Waals surface area contributed by atoms with Gasteiger partial charge in [0.1, 0.15) is 17.8 Å². The number of imidazole rings is 1. The van der Waals surface area contributed by atoms with E-state index in [1.807, 2.05) is 41.3 Å². The van der Waals surface area contributed by atoms with Crippen LogP contribution in [0.1, 0.15) is 52.4 Å². The van der Waals surface area contributed by atoms with E-state index in [1.165, 1.54) is 0 Å². The molecule has 1 saturated carbocycles. The number of carbonyl (C=O) groups is 2. The van der Waals surface area contributed by atoms with Gasteiger partial charge in [-0.2, -0.15) is 4.98 Å². The molecule has 0 radical (unpaired) electrons. The van der Waals surface area contributed by atoms with Gasteiger partial charge in [0.05, 0.1) is 5.56 Å². The predicted octanol–water partition coefficient (Wildman–Crippen LogP) is 3.36. The Bertz CT molecular complexity index is 1400. The molecule has 6 rings (SSSR count). The fourth-order valence-electron chi connectivity index (χ4n) is 4.32. The fourth-order valence-corrected chi connectivity index (χ4v) is 4.32. The molecule has 0 N–H and O–H groups in total. The minimum absolute atomic E-state index is 0.0526. The molecule has 4 heterocycles. The number of carbonyl (C=O) groups excluding carboxylic acids is 2. The lowest BCUT2D eigenvalue weighted by molar-refractivity contribution is 0.0741. The number of nitrogens with zero attached hydrogens (tertiary/aromatic N) is 7. The lowest BCUT2D eigenvalue weighted by Gasteiger charge is -2.35. The number of amides is 1. The Hall–Kier alpha value is -4.34. The minimum Gasteiger partial charge on any atom is -0.368 e. The summed E-state index contributed by atoms with van der Waals surface area (Å²) in [5.74, 6) is 2.25.